The summed E-state index contributed by atoms with van der Waals surface area (Å²) in [5, 5.41) is 11.9. The highest BCUT2D eigenvalue weighted by atomic mass is 16.2. The van der Waals surface area contributed by atoms with Crippen LogP contribution in [0.5, 0.6) is 0 Å². The molecule has 4 rings (SSSR count). The number of hydrogen-bond acceptors (Lipinski definition) is 5. The zero-order chi connectivity index (χ0) is 19.2. The maximum Gasteiger partial charge on any atom is 0.321 e. The second-order valence-corrected chi connectivity index (χ2v) is 7.42. The van der Waals surface area contributed by atoms with Gasteiger partial charge in [0.15, 0.2) is 11.6 Å². The van der Waals surface area contributed by atoms with Gasteiger partial charge in [-0.3, -0.25) is 0 Å². The molecule has 0 saturated carbocycles. The van der Waals surface area contributed by atoms with Gasteiger partial charge in [-0.25, -0.2) is 4.79 Å². The number of benzene rings is 1. The summed E-state index contributed by atoms with van der Waals surface area (Å²) in [6.07, 6.45) is 5.08. The Balaban J connectivity index is 1.30. The van der Waals surface area contributed by atoms with E-state index >= 15 is 0 Å². The van der Waals surface area contributed by atoms with Crippen molar-refractivity contribution in [1.29, 1.82) is 0 Å². The van der Waals surface area contributed by atoms with Crippen molar-refractivity contribution in [2.24, 2.45) is 0 Å². The number of amides is 2. The molecule has 2 amide bonds. The van der Waals surface area contributed by atoms with Crippen LogP contribution < -0.4 is 15.1 Å². The van der Waals surface area contributed by atoms with Crippen LogP contribution in [0.3, 0.4) is 0 Å². The number of rotatable bonds is 3. The highest BCUT2D eigenvalue weighted by Crippen LogP contribution is 2.20. The van der Waals surface area contributed by atoms with E-state index in [0.29, 0.717) is 13.1 Å². The van der Waals surface area contributed by atoms with Crippen LogP contribution >= 0.6 is 0 Å². The van der Waals surface area contributed by atoms with Gasteiger partial charge in [-0.05, 0) is 37.1 Å². The third-order valence-corrected chi connectivity index (χ3v) is 5.48. The van der Waals surface area contributed by atoms with Crippen LogP contribution in [0.1, 0.15) is 25.7 Å². The molecule has 1 aromatic carbocycles. The standard InChI is InChI=1S/C21H28N6O/c28-21(22-18-8-4-3-5-9-18)27-16-14-26(15-17-27)20-11-10-19(23-24-20)25-12-6-1-2-7-13-25/h3-5,8-11H,1-2,6-7,12-17H2,(H,22,28). The average Bonchev–Trinajstić information content (AvgIpc) is 3.04. The summed E-state index contributed by atoms with van der Waals surface area (Å²) in [6.45, 7) is 5.02. The van der Waals surface area contributed by atoms with E-state index in [1.165, 1.54) is 25.7 Å². The number of hydrogen-bond donors (Lipinski definition) is 1. The largest absolute Gasteiger partial charge is 0.355 e. The molecule has 0 spiro atoms. The Morgan fingerprint density at radius 3 is 1.86 bits per heavy atom. The molecule has 7 heteroatoms. The summed E-state index contributed by atoms with van der Waals surface area (Å²) in [6, 6.07) is 13.7. The molecule has 2 aromatic rings. The van der Waals surface area contributed by atoms with E-state index in [9.17, 15) is 4.79 Å². The summed E-state index contributed by atoms with van der Waals surface area (Å²) in [7, 11) is 0. The number of para-hydroxylation sites is 1. The molecule has 3 heterocycles. The minimum absolute atomic E-state index is 0.0477. The molecule has 2 fully saturated rings. The maximum absolute atomic E-state index is 12.4. The first-order chi connectivity index (χ1) is 13.8. The lowest BCUT2D eigenvalue weighted by atomic mass is 10.2. The first-order valence-electron chi connectivity index (χ1n) is 10.2. The molecule has 0 bridgehead atoms. The Kier molecular flexibility index (Phi) is 5.89. The molecular formula is C21H28N6O. The maximum atomic E-state index is 12.4. The molecule has 2 aliphatic heterocycles. The van der Waals surface area contributed by atoms with Gasteiger partial charge in [0.25, 0.3) is 0 Å². The van der Waals surface area contributed by atoms with Gasteiger partial charge >= 0.3 is 6.03 Å². The highest BCUT2D eigenvalue weighted by Gasteiger charge is 2.22. The van der Waals surface area contributed by atoms with Crippen LogP contribution in [0, 0.1) is 0 Å². The smallest absolute Gasteiger partial charge is 0.321 e. The normalized spacial score (nSPS) is 17.9. The van der Waals surface area contributed by atoms with Crippen molar-refractivity contribution in [3.05, 3.63) is 42.5 Å². The fraction of sp³-hybridized carbons (Fsp3) is 0.476. The zero-order valence-electron chi connectivity index (χ0n) is 16.3. The lowest BCUT2D eigenvalue weighted by molar-refractivity contribution is 0.208. The summed E-state index contributed by atoms with van der Waals surface area (Å²) in [5.74, 6) is 1.87. The summed E-state index contributed by atoms with van der Waals surface area (Å²) >= 11 is 0. The molecule has 1 N–H and O–H groups in total. The van der Waals surface area contributed by atoms with E-state index in [1.54, 1.807) is 0 Å². The third kappa shape index (κ3) is 4.52. The molecule has 0 atom stereocenters. The van der Waals surface area contributed by atoms with Gasteiger partial charge in [-0.15, -0.1) is 10.2 Å². The molecule has 2 saturated heterocycles. The lowest BCUT2D eigenvalue weighted by Crippen LogP contribution is -2.50. The number of carbonyl (C=O) groups is 1. The SMILES string of the molecule is O=C(Nc1ccccc1)N1CCN(c2ccc(N3CCCCCC3)nn2)CC1. The van der Waals surface area contributed by atoms with Crippen molar-refractivity contribution < 1.29 is 4.79 Å². The number of urea groups is 1. The van der Waals surface area contributed by atoms with Gasteiger partial charge in [0.2, 0.25) is 0 Å². The van der Waals surface area contributed by atoms with Crippen molar-refractivity contribution in [3.63, 3.8) is 0 Å². The van der Waals surface area contributed by atoms with Crippen LogP contribution in [0.2, 0.25) is 0 Å². The number of aromatic nitrogens is 2. The minimum atomic E-state index is -0.0477. The van der Waals surface area contributed by atoms with Crippen molar-refractivity contribution in [1.82, 2.24) is 15.1 Å². The van der Waals surface area contributed by atoms with E-state index in [2.05, 4.69) is 37.4 Å². The van der Waals surface area contributed by atoms with E-state index in [0.717, 1.165) is 43.5 Å². The first kappa shape index (κ1) is 18.5. The summed E-state index contributed by atoms with van der Waals surface area (Å²) in [4.78, 5) is 18.8. The van der Waals surface area contributed by atoms with E-state index in [1.807, 2.05) is 35.2 Å². The van der Waals surface area contributed by atoms with Crippen LogP contribution in [0.4, 0.5) is 22.1 Å². The molecule has 0 radical (unpaired) electrons. The zero-order valence-corrected chi connectivity index (χ0v) is 16.3. The Hall–Kier alpha value is -2.83. The van der Waals surface area contributed by atoms with Gasteiger partial charge in [-0.2, -0.15) is 0 Å². The number of nitrogens with one attached hydrogen (secondary N) is 1. The van der Waals surface area contributed by atoms with Crippen LogP contribution in [-0.2, 0) is 0 Å². The van der Waals surface area contributed by atoms with E-state index < -0.39 is 0 Å². The minimum Gasteiger partial charge on any atom is -0.355 e. The Morgan fingerprint density at radius 2 is 1.29 bits per heavy atom. The highest BCUT2D eigenvalue weighted by molar-refractivity contribution is 5.89. The van der Waals surface area contributed by atoms with Gasteiger partial charge < -0.3 is 20.0 Å². The Morgan fingerprint density at radius 1 is 0.714 bits per heavy atom. The monoisotopic (exact) mass is 380 g/mol. The molecule has 7 nitrogen and oxygen atoms in total. The Bertz CT molecular complexity index is 750. The molecule has 0 aliphatic carbocycles. The Labute approximate surface area is 166 Å². The van der Waals surface area contributed by atoms with Crippen LogP contribution in [-0.4, -0.2) is 60.4 Å². The molecule has 148 valence electrons. The first-order valence-corrected chi connectivity index (χ1v) is 10.2. The number of anilines is 3. The predicted octanol–water partition coefficient (Wildman–Crippen LogP) is 3.21. The van der Waals surface area contributed by atoms with Gasteiger partial charge in [0, 0.05) is 45.0 Å². The fourth-order valence-corrected chi connectivity index (χ4v) is 3.82. The quantitative estimate of drug-likeness (QED) is 0.886. The molecule has 2 aliphatic rings. The average molecular weight is 380 g/mol. The topological polar surface area (TPSA) is 64.6 Å². The van der Waals surface area contributed by atoms with E-state index in [4.69, 9.17) is 0 Å². The fourth-order valence-electron chi connectivity index (χ4n) is 3.82. The van der Waals surface area contributed by atoms with Crippen molar-refractivity contribution >= 4 is 23.4 Å². The second-order valence-electron chi connectivity index (χ2n) is 7.42. The lowest BCUT2D eigenvalue weighted by Gasteiger charge is -2.35. The van der Waals surface area contributed by atoms with Crippen LogP contribution in [0.15, 0.2) is 42.5 Å². The molecule has 1 aromatic heterocycles. The van der Waals surface area contributed by atoms with Crippen molar-refractivity contribution in [2.45, 2.75) is 25.7 Å². The number of nitrogens with zero attached hydrogens (tertiary/aromatic N) is 5. The summed E-state index contributed by atoms with van der Waals surface area (Å²) in [5.41, 5.74) is 0.824. The van der Waals surface area contributed by atoms with Crippen LogP contribution in [0.25, 0.3) is 0 Å². The number of piperazine rings is 1. The third-order valence-electron chi connectivity index (χ3n) is 5.48. The summed E-state index contributed by atoms with van der Waals surface area (Å²) < 4.78 is 0. The molecule has 0 unspecified atom stereocenters. The van der Waals surface area contributed by atoms with Crippen molar-refractivity contribution in [2.75, 3.05) is 54.4 Å². The number of carbonyl (C=O) groups excluding carboxylic acids is 1. The second kappa shape index (κ2) is 8.91. The van der Waals surface area contributed by atoms with Gasteiger partial charge in [0.1, 0.15) is 0 Å². The molecular weight excluding hydrogens is 352 g/mol. The predicted molar refractivity (Wildman–Crippen MR) is 112 cm³/mol. The van der Waals surface area contributed by atoms with Gasteiger partial charge in [-0.1, -0.05) is 31.0 Å². The van der Waals surface area contributed by atoms with Crippen molar-refractivity contribution in [3.8, 4) is 0 Å². The van der Waals surface area contributed by atoms with Gasteiger partial charge in [0.05, 0.1) is 0 Å². The van der Waals surface area contributed by atoms with E-state index in [-0.39, 0.29) is 6.03 Å². The molecule has 28 heavy (non-hydrogen) atoms.